The van der Waals surface area contributed by atoms with Gasteiger partial charge in [0.2, 0.25) is 5.88 Å². The summed E-state index contributed by atoms with van der Waals surface area (Å²) in [6.45, 7) is 2.39. The van der Waals surface area contributed by atoms with Gasteiger partial charge >= 0.3 is 6.18 Å². The number of anilines is 1. The van der Waals surface area contributed by atoms with E-state index in [0.717, 1.165) is 32.0 Å². The number of halogens is 3. The van der Waals surface area contributed by atoms with Gasteiger partial charge in [0.25, 0.3) is 0 Å². The predicted octanol–water partition coefficient (Wildman–Crippen LogP) is 2.86. The van der Waals surface area contributed by atoms with Gasteiger partial charge in [0, 0.05) is 18.8 Å². The molecule has 1 aromatic heterocycles. The number of rotatable bonds is 4. The average molecular weight is 303 g/mol. The minimum absolute atomic E-state index is 0.0214. The van der Waals surface area contributed by atoms with Crippen molar-refractivity contribution in [1.82, 2.24) is 9.88 Å². The molecular weight excluding hydrogens is 283 g/mol. The van der Waals surface area contributed by atoms with Crippen molar-refractivity contribution < 1.29 is 17.9 Å². The molecule has 1 aliphatic rings. The summed E-state index contributed by atoms with van der Waals surface area (Å²) in [6.07, 6.45) is -2.48. The van der Waals surface area contributed by atoms with Gasteiger partial charge in [0.1, 0.15) is 0 Å². The molecule has 0 amide bonds. The van der Waals surface area contributed by atoms with Gasteiger partial charge < -0.3 is 15.0 Å². The Morgan fingerprint density at radius 2 is 2.00 bits per heavy atom. The summed E-state index contributed by atoms with van der Waals surface area (Å²) in [4.78, 5) is 5.79. The van der Waals surface area contributed by atoms with Crippen LogP contribution in [0.15, 0.2) is 12.1 Å². The molecule has 1 aliphatic heterocycles. The highest BCUT2D eigenvalue weighted by molar-refractivity contribution is 5.47. The summed E-state index contributed by atoms with van der Waals surface area (Å²) < 4.78 is 43.8. The van der Waals surface area contributed by atoms with Crippen LogP contribution in [-0.4, -0.2) is 43.7 Å². The maximum absolute atomic E-state index is 12.8. The first kappa shape index (κ1) is 15.9. The second kappa shape index (κ2) is 6.51. The lowest BCUT2D eigenvalue weighted by atomic mass is 9.98. The number of nitrogens with zero attached hydrogens (tertiary/aromatic N) is 2. The third-order valence-electron chi connectivity index (χ3n) is 3.69. The lowest BCUT2D eigenvalue weighted by molar-refractivity contribution is -0.141. The van der Waals surface area contributed by atoms with Crippen molar-refractivity contribution >= 4 is 5.69 Å². The van der Waals surface area contributed by atoms with E-state index in [9.17, 15) is 13.2 Å². The summed E-state index contributed by atoms with van der Waals surface area (Å²) in [5.41, 5.74) is -0.594. The molecule has 4 nitrogen and oxygen atoms in total. The van der Waals surface area contributed by atoms with Crippen molar-refractivity contribution in [3.63, 3.8) is 0 Å². The van der Waals surface area contributed by atoms with E-state index < -0.39 is 11.9 Å². The van der Waals surface area contributed by atoms with Gasteiger partial charge in [-0.05, 0) is 45.0 Å². The third kappa shape index (κ3) is 4.49. The molecule has 21 heavy (non-hydrogen) atoms. The van der Waals surface area contributed by atoms with Crippen molar-refractivity contribution in [2.24, 2.45) is 5.92 Å². The van der Waals surface area contributed by atoms with Crippen LogP contribution in [0.5, 0.6) is 5.88 Å². The molecule has 1 saturated heterocycles. The Balaban J connectivity index is 2.02. The van der Waals surface area contributed by atoms with Crippen LogP contribution in [0.4, 0.5) is 18.9 Å². The van der Waals surface area contributed by atoms with E-state index in [1.54, 1.807) is 7.05 Å². The van der Waals surface area contributed by atoms with E-state index in [1.807, 2.05) is 0 Å². The number of ether oxygens (including phenoxy) is 1. The lowest BCUT2D eigenvalue weighted by Gasteiger charge is -2.28. The molecule has 118 valence electrons. The van der Waals surface area contributed by atoms with Crippen LogP contribution in [0, 0.1) is 5.92 Å². The first-order valence-corrected chi connectivity index (χ1v) is 6.97. The van der Waals surface area contributed by atoms with Crippen LogP contribution < -0.4 is 10.1 Å². The topological polar surface area (TPSA) is 37.4 Å². The molecule has 0 radical (unpaired) electrons. The summed E-state index contributed by atoms with van der Waals surface area (Å²) in [5.74, 6) is 0.392. The van der Waals surface area contributed by atoms with E-state index in [4.69, 9.17) is 4.74 Å². The largest absolute Gasteiger partial charge is 0.477 e. The minimum atomic E-state index is -4.47. The van der Waals surface area contributed by atoms with Crippen molar-refractivity contribution in [3.05, 3.63) is 17.8 Å². The molecule has 7 heteroatoms. The average Bonchev–Trinajstić information content (AvgIpc) is 2.45. The molecular formula is C14H20F3N3O. The third-order valence-corrected chi connectivity index (χ3v) is 3.69. The van der Waals surface area contributed by atoms with Crippen LogP contribution in [0.2, 0.25) is 0 Å². The zero-order chi connectivity index (χ0) is 15.5. The molecule has 0 unspecified atom stereocenters. The van der Waals surface area contributed by atoms with Gasteiger partial charge in [-0.1, -0.05) is 0 Å². The number of hydrogen-bond acceptors (Lipinski definition) is 4. The molecule has 0 atom stereocenters. The zero-order valence-electron chi connectivity index (χ0n) is 12.2. The highest BCUT2D eigenvalue weighted by atomic mass is 19.4. The fourth-order valence-electron chi connectivity index (χ4n) is 2.30. The van der Waals surface area contributed by atoms with Crippen LogP contribution in [0.1, 0.15) is 18.5 Å². The Kier molecular flexibility index (Phi) is 4.92. The quantitative estimate of drug-likeness (QED) is 0.928. The second-order valence-corrected chi connectivity index (χ2v) is 5.38. The Morgan fingerprint density at radius 3 is 2.57 bits per heavy atom. The molecule has 2 heterocycles. The molecule has 0 aromatic carbocycles. The van der Waals surface area contributed by atoms with Crippen molar-refractivity contribution in [3.8, 4) is 5.88 Å². The van der Waals surface area contributed by atoms with E-state index in [2.05, 4.69) is 22.2 Å². The molecule has 1 N–H and O–H groups in total. The van der Waals surface area contributed by atoms with E-state index in [1.165, 1.54) is 6.07 Å². The Labute approximate surface area is 122 Å². The number of piperidine rings is 1. The molecule has 0 bridgehead atoms. The van der Waals surface area contributed by atoms with Crippen LogP contribution in [-0.2, 0) is 6.18 Å². The van der Waals surface area contributed by atoms with E-state index >= 15 is 0 Å². The Hall–Kier alpha value is -1.50. The highest BCUT2D eigenvalue weighted by Crippen LogP contribution is 2.31. The summed E-state index contributed by atoms with van der Waals surface area (Å²) in [7, 11) is 3.63. The Morgan fingerprint density at radius 1 is 1.33 bits per heavy atom. The summed E-state index contributed by atoms with van der Waals surface area (Å²) in [5, 5.41) is 2.70. The fourth-order valence-corrected chi connectivity index (χ4v) is 2.30. The van der Waals surface area contributed by atoms with Gasteiger partial charge in [-0.25, -0.2) is 4.98 Å². The first-order valence-electron chi connectivity index (χ1n) is 6.97. The molecule has 2 rings (SSSR count). The molecule has 1 fully saturated rings. The number of likely N-dealkylation sites (tertiary alicyclic amines) is 1. The van der Waals surface area contributed by atoms with Crippen LogP contribution in [0.3, 0.4) is 0 Å². The maximum atomic E-state index is 12.8. The van der Waals surface area contributed by atoms with Gasteiger partial charge in [0.15, 0.2) is 5.69 Å². The highest BCUT2D eigenvalue weighted by Gasteiger charge is 2.33. The smallest absolute Gasteiger partial charge is 0.433 e. The van der Waals surface area contributed by atoms with Gasteiger partial charge in [-0.15, -0.1) is 0 Å². The van der Waals surface area contributed by atoms with Crippen LogP contribution >= 0.6 is 0 Å². The molecule has 1 aromatic rings. The SMILES string of the molecule is CNc1cc(OCC2CCN(C)CC2)nc(C(F)(F)F)c1. The maximum Gasteiger partial charge on any atom is 0.433 e. The second-order valence-electron chi connectivity index (χ2n) is 5.38. The van der Waals surface area contributed by atoms with Gasteiger partial charge in [-0.2, -0.15) is 13.2 Å². The molecule has 0 saturated carbocycles. The van der Waals surface area contributed by atoms with Crippen LogP contribution in [0.25, 0.3) is 0 Å². The van der Waals surface area contributed by atoms with Crippen molar-refractivity contribution in [2.45, 2.75) is 19.0 Å². The summed E-state index contributed by atoms with van der Waals surface area (Å²) in [6, 6.07) is 2.46. The van der Waals surface area contributed by atoms with E-state index in [-0.39, 0.29) is 5.88 Å². The number of nitrogens with one attached hydrogen (secondary N) is 1. The minimum Gasteiger partial charge on any atom is -0.477 e. The lowest BCUT2D eigenvalue weighted by Crippen LogP contribution is -2.32. The predicted molar refractivity (Wildman–Crippen MR) is 74.5 cm³/mol. The van der Waals surface area contributed by atoms with Crippen molar-refractivity contribution in [1.29, 1.82) is 0 Å². The van der Waals surface area contributed by atoms with E-state index in [0.29, 0.717) is 18.2 Å². The number of alkyl halides is 3. The Bertz CT molecular complexity index is 471. The molecule has 0 aliphatic carbocycles. The first-order chi connectivity index (χ1) is 9.88. The number of hydrogen-bond donors (Lipinski definition) is 1. The number of aromatic nitrogens is 1. The summed E-state index contributed by atoms with van der Waals surface area (Å²) >= 11 is 0. The molecule has 0 spiro atoms. The standard InChI is InChI=1S/C14H20F3N3O/c1-18-11-7-12(14(15,16)17)19-13(8-11)21-9-10-3-5-20(2)6-4-10/h7-8,10H,3-6,9H2,1-2H3,(H,18,19). The van der Waals surface area contributed by atoms with Crippen molar-refractivity contribution in [2.75, 3.05) is 39.1 Å². The zero-order valence-corrected chi connectivity index (χ0v) is 12.2. The fraction of sp³-hybridized carbons (Fsp3) is 0.643. The monoisotopic (exact) mass is 303 g/mol. The normalized spacial score (nSPS) is 17.8. The van der Waals surface area contributed by atoms with Gasteiger partial charge in [-0.3, -0.25) is 0 Å². The number of pyridine rings is 1. The van der Waals surface area contributed by atoms with Gasteiger partial charge in [0.05, 0.1) is 6.61 Å².